The number of aliphatic hydroxyl groups excluding tert-OH is 1. The normalized spacial score (nSPS) is 20.9. The summed E-state index contributed by atoms with van der Waals surface area (Å²) in [5, 5.41) is 17.2. The standard InChI is InChI=1S/C17H23N3O3/c1-16(2,3)15-19-14(20-23-15)9-18-17(10-21)8-12-6-4-5-7-13(12)22-11-17/h4-7,18,21H,8-11H2,1-3H3. The van der Waals surface area contributed by atoms with Gasteiger partial charge in [0, 0.05) is 5.41 Å². The summed E-state index contributed by atoms with van der Waals surface area (Å²) in [5.74, 6) is 2.08. The number of hydrogen-bond acceptors (Lipinski definition) is 6. The first-order chi connectivity index (χ1) is 10.9. The van der Waals surface area contributed by atoms with Gasteiger partial charge in [-0.05, 0) is 18.1 Å². The number of ether oxygens (including phenoxy) is 1. The summed E-state index contributed by atoms with van der Waals surface area (Å²) in [5.41, 5.74) is 0.382. The third-order valence-corrected chi connectivity index (χ3v) is 4.04. The molecule has 1 aromatic carbocycles. The molecular weight excluding hydrogens is 294 g/mol. The zero-order chi connectivity index (χ0) is 16.5. The van der Waals surface area contributed by atoms with Gasteiger partial charge in [-0.2, -0.15) is 4.98 Å². The van der Waals surface area contributed by atoms with Crippen molar-refractivity contribution in [3.63, 3.8) is 0 Å². The Morgan fingerprint density at radius 2 is 2.09 bits per heavy atom. The molecule has 0 saturated carbocycles. The van der Waals surface area contributed by atoms with Gasteiger partial charge in [-0.15, -0.1) is 0 Å². The minimum atomic E-state index is -0.531. The highest BCUT2D eigenvalue weighted by Gasteiger charge is 2.35. The number of rotatable bonds is 4. The fraction of sp³-hybridized carbons (Fsp3) is 0.529. The van der Waals surface area contributed by atoms with E-state index in [1.54, 1.807) is 0 Å². The number of aliphatic hydroxyl groups is 1. The van der Waals surface area contributed by atoms with Crippen LogP contribution in [-0.2, 0) is 18.4 Å². The minimum absolute atomic E-state index is 0.0225. The molecular formula is C17H23N3O3. The van der Waals surface area contributed by atoms with E-state index in [9.17, 15) is 5.11 Å². The molecule has 1 aromatic heterocycles. The predicted octanol–water partition coefficient (Wildman–Crippen LogP) is 1.82. The van der Waals surface area contributed by atoms with Gasteiger partial charge in [0.15, 0.2) is 5.82 Å². The number of fused-ring (bicyclic) bond motifs is 1. The van der Waals surface area contributed by atoms with Gasteiger partial charge < -0.3 is 14.4 Å². The SMILES string of the molecule is CC(C)(C)c1nc(CNC2(CO)COc3ccccc3C2)no1. The maximum Gasteiger partial charge on any atom is 0.232 e. The molecule has 2 aromatic rings. The summed E-state index contributed by atoms with van der Waals surface area (Å²) >= 11 is 0. The van der Waals surface area contributed by atoms with E-state index in [0.717, 1.165) is 11.3 Å². The van der Waals surface area contributed by atoms with Crippen LogP contribution in [0.2, 0.25) is 0 Å². The van der Waals surface area contributed by atoms with Crippen LogP contribution in [0, 0.1) is 0 Å². The highest BCUT2D eigenvalue weighted by atomic mass is 16.5. The first kappa shape index (κ1) is 16.0. The largest absolute Gasteiger partial charge is 0.491 e. The maximum absolute atomic E-state index is 9.87. The summed E-state index contributed by atoms with van der Waals surface area (Å²) in [6.07, 6.45) is 0.698. The fourth-order valence-corrected chi connectivity index (χ4v) is 2.59. The van der Waals surface area contributed by atoms with Crippen LogP contribution in [0.25, 0.3) is 0 Å². The summed E-state index contributed by atoms with van der Waals surface area (Å²) in [6.45, 7) is 6.89. The zero-order valence-corrected chi connectivity index (χ0v) is 13.8. The quantitative estimate of drug-likeness (QED) is 0.895. The average Bonchev–Trinajstić information content (AvgIpc) is 3.02. The summed E-state index contributed by atoms with van der Waals surface area (Å²) < 4.78 is 11.1. The molecule has 1 aliphatic rings. The van der Waals surface area contributed by atoms with E-state index in [-0.39, 0.29) is 12.0 Å². The van der Waals surface area contributed by atoms with Crippen molar-refractivity contribution in [2.24, 2.45) is 0 Å². The Balaban J connectivity index is 1.70. The molecule has 124 valence electrons. The highest BCUT2D eigenvalue weighted by Crippen LogP contribution is 2.29. The smallest absolute Gasteiger partial charge is 0.232 e. The van der Waals surface area contributed by atoms with E-state index >= 15 is 0 Å². The van der Waals surface area contributed by atoms with Gasteiger partial charge >= 0.3 is 0 Å². The second-order valence-corrected chi connectivity index (χ2v) is 7.13. The first-order valence-corrected chi connectivity index (χ1v) is 7.82. The van der Waals surface area contributed by atoms with E-state index in [4.69, 9.17) is 9.26 Å². The Hall–Kier alpha value is -1.92. The van der Waals surface area contributed by atoms with Crippen molar-refractivity contribution in [3.05, 3.63) is 41.5 Å². The van der Waals surface area contributed by atoms with Gasteiger partial charge in [-0.25, -0.2) is 0 Å². The van der Waals surface area contributed by atoms with E-state index in [2.05, 4.69) is 15.5 Å². The van der Waals surface area contributed by atoms with Crippen LogP contribution in [0.3, 0.4) is 0 Å². The molecule has 6 heteroatoms. The predicted molar refractivity (Wildman–Crippen MR) is 85.3 cm³/mol. The van der Waals surface area contributed by atoms with Gasteiger partial charge in [-0.3, -0.25) is 5.32 Å². The zero-order valence-electron chi connectivity index (χ0n) is 13.8. The molecule has 6 nitrogen and oxygen atoms in total. The summed E-state index contributed by atoms with van der Waals surface area (Å²) in [7, 11) is 0. The molecule has 2 heterocycles. The number of nitrogens with zero attached hydrogens (tertiary/aromatic N) is 2. The van der Waals surface area contributed by atoms with E-state index in [0.29, 0.717) is 31.3 Å². The summed E-state index contributed by atoms with van der Waals surface area (Å²) in [4.78, 5) is 4.41. The van der Waals surface area contributed by atoms with E-state index in [1.807, 2.05) is 45.0 Å². The Labute approximate surface area is 135 Å². The molecule has 0 saturated heterocycles. The van der Waals surface area contributed by atoms with E-state index < -0.39 is 5.54 Å². The van der Waals surface area contributed by atoms with Crippen LogP contribution in [-0.4, -0.2) is 34.0 Å². The van der Waals surface area contributed by atoms with Crippen LogP contribution in [0.15, 0.2) is 28.8 Å². The molecule has 23 heavy (non-hydrogen) atoms. The number of para-hydroxylation sites is 1. The van der Waals surface area contributed by atoms with Crippen molar-refractivity contribution in [1.29, 1.82) is 0 Å². The Morgan fingerprint density at radius 1 is 1.30 bits per heavy atom. The lowest BCUT2D eigenvalue weighted by atomic mass is 9.89. The van der Waals surface area contributed by atoms with Crippen LogP contribution < -0.4 is 10.1 Å². The number of aromatic nitrogens is 2. The van der Waals surface area contributed by atoms with Gasteiger partial charge in [-0.1, -0.05) is 44.1 Å². The third-order valence-electron chi connectivity index (χ3n) is 4.04. The molecule has 2 N–H and O–H groups in total. The average molecular weight is 317 g/mol. The van der Waals surface area contributed by atoms with Crippen molar-refractivity contribution >= 4 is 0 Å². The minimum Gasteiger partial charge on any atom is -0.491 e. The summed E-state index contributed by atoms with van der Waals surface area (Å²) in [6, 6.07) is 7.90. The van der Waals surface area contributed by atoms with E-state index in [1.165, 1.54) is 0 Å². The monoisotopic (exact) mass is 317 g/mol. The first-order valence-electron chi connectivity index (χ1n) is 7.82. The van der Waals surface area contributed by atoms with Crippen molar-refractivity contribution in [1.82, 2.24) is 15.5 Å². The van der Waals surface area contributed by atoms with Gasteiger partial charge in [0.25, 0.3) is 0 Å². The third kappa shape index (κ3) is 3.38. The van der Waals surface area contributed by atoms with Crippen molar-refractivity contribution in [3.8, 4) is 5.75 Å². The topological polar surface area (TPSA) is 80.4 Å². The van der Waals surface area contributed by atoms with Gasteiger partial charge in [0.1, 0.15) is 12.4 Å². The van der Waals surface area contributed by atoms with Crippen LogP contribution in [0.5, 0.6) is 5.75 Å². The highest BCUT2D eigenvalue weighted by molar-refractivity contribution is 5.37. The molecule has 1 unspecified atom stereocenters. The lowest BCUT2D eigenvalue weighted by Crippen LogP contribution is -2.56. The van der Waals surface area contributed by atoms with Gasteiger partial charge in [0.05, 0.1) is 18.7 Å². The van der Waals surface area contributed by atoms with Crippen LogP contribution in [0.1, 0.15) is 38.0 Å². The lowest BCUT2D eigenvalue weighted by Gasteiger charge is -2.37. The van der Waals surface area contributed by atoms with Crippen molar-refractivity contribution < 1.29 is 14.4 Å². The Bertz CT molecular complexity index is 678. The molecule has 3 rings (SSSR count). The Morgan fingerprint density at radius 3 is 2.78 bits per heavy atom. The number of hydrogen-bond donors (Lipinski definition) is 2. The molecule has 0 fully saturated rings. The fourth-order valence-electron chi connectivity index (χ4n) is 2.59. The molecule has 0 amide bonds. The molecule has 0 aliphatic carbocycles. The second-order valence-electron chi connectivity index (χ2n) is 7.13. The Kier molecular flexibility index (Phi) is 4.12. The van der Waals surface area contributed by atoms with Crippen molar-refractivity contribution in [2.45, 2.75) is 44.7 Å². The van der Waals surface area contributed by atoms with Gasteiger partial charge in [0.2, 0.25) is 5.89 Å². The molecule has 1 aliphatic heterocycles. The second kappa shape index (κ2) is 5.94. The molecule has 0 radical (unpaired) electrons. The molecule has 0 bridgehead atoms. The lowest BCUT2D eigenvalue weighted by molar-refractivity contribution is 0.0853. The van der Waals surface area contributed by atoms with Crippen molar-refractivity contribution in [2.75, 3.05) is 13.2 Å². The van der Waals surface area contributed by atoms with Crippen LogP contribution >= 0.6 is 0 Å². The molecule has 1 atom stereocenters. The molecule has 0 spiro atoms. The maximum atomic E-state index is 9.87. The number of nitrogens with one attached hydrogen (secondary N) is 1. The number of benzene rings is 1. The van der Waals surface area contributed by atoms with Crippen LogP contribution in [0.4, 0.5) is 0 Å².